The molecule has 2 aromatic rings. The first-order chi connectivity index (χ1) is 8.52. The molecule has 0 unspecified atom stereocenters. The highest BCUT2D eigenvalue weighted by Crippen LogP contribution is 2.31. The molecule has 18 heavy (non-hydrogen) atoms. The number of amides is 1. The molecule has 0 fully saturated rings. The Morgan fingerprint density at radius 2 is 1.78 bits per heavy atom. The molecular formula is C13H12N2O2S. The van der Waals surface area contributed by atoms with Gasteiger partial charge in [0.2, 0.25) is 0 Å². The van der Waals surface area contributed by atoms with Gasteiger partial charge in [0.1, 0.15) is 0 Å². The molecule has 0 aliphatic carbocycles. The highest BCUT2D eigenvalue weighted by molar-refractivity contribution is 7.18. The van der Waals surface area contributed by atoms with E-state index in [0.717, 1.165) is 11.3 Å². The molecule has 0 radical (unpaired) electrons. The Morgan fingerprint density at radius 1 is 1.17 bits per heavy atom. The quantitative estimate of drug-likeness (QED) is 0.827. The third-order valence-electron chi connectivity index (χ3n) is 2.66. The minimum absolute atomic E-state index is 0.186. The van der Waals surface area contributed by atoms with Crippen LogP contribution in [0.2, 0.25) is 0 Å². The summed E-state index contributed by atoms with van der Waals surface area (Å²) in [6.07, 6.45) is 0. The zero-order valence-corrected chi connectivity index (χ0v) is 10.6. The number of primary amides is 1. The molecule has 0 atom stereocenters. The standard InChI is InChI=1S/C13H12N2O2S/c1-7-9(13(15)18-11(7)12(14)17)10(16)8-5-3-2-4-6-8/h2-6H,15H2,1H3,(H2,14,17). The minimum atomic E-state index is -0.559. The van der Waals surface area contributed by atoms with Crippen molar-refractivity contribution in [3.63, 3.8) is 0 Å². The number of rotatable bonds is 3. The van der Waals surface area contributed by atoms with Crippen LogP contribution in [0.1, 0.15) is 31.2 Å². The van der Waals surface area contributed by atoms with Crippen molar-refractivity contribution in [2.45, 2.75) is 6.92 Å². The largest absolute Gasteiger partial charge is 0.390 e. The lowest BCUT2D eigenvalue weighted by atomic mass is 10.0. The van der Waals surface area contributed by atoms with E-state index in [2.05, 4.69) is 0 Å². The van der Waals surface area contributed by atoms with Crippen LogP contribution in [0.15, 0.2) is 30.3 Å². The Hall–Kier alpha value is -2.14. The summed E-state index contributed by atoms with van der Waals surface area (Å²) in [6.45, 7) is 1.68. The minimum Gasteiger partial charge on any atom is -0.390 e. The molecule has 5 heteroatoms. The molecule has 0 spiro atoms. The maximum Gasteiger partial charge on any atom is 0.259 e. The van der Waals surface area contributed by atoms with Gasteiger partial charge in [-0.25, -0.2) is 0 Å². The fourth-order valence-electron chi connectivity index (χ4n) is 1.79. The lowest BCUT2D eigenvalue weighted by Crippen LogP contribution is -2.11. The van der Waals surface area contributed by atoms with Crippen LogP contribution in [0, 0.1) is 6.92 Å². The molecule has 4 N–H and O–H groups in total. The van der Waals surface area contributed by atoms with Crippen molar-refractivity contribution in [2.75, 3.05) is 5.73 Å². The van der Waals surface area contributed by atoms with Crippen molar-refractivity contribution in [3.8, 4) is 0 Å². The molecule has 0 aliphatic rings. The van der Waals surface area contributed by atoms with Crippen LogP contribution in [0.25, 0.3) is 0 Å². The molecule has 0 saturated carbocycles. The van der Waals surface area contributed by atoms with Gasteiger partial charge in [0.25, 0.3) is 5.91 Å². The van der Waals surface area contributed by atoms with E-state index in [1.807, 2.05) is 6.07 Å². The first kappa shape index (κ1) is 12.3. The van der Waals surface area contributed by atoms with Crippen molar-refractivity contribution in [2.24, 2.45) is 5.73 Å². The van der Waals surface area contributed by atoms with Crippen molar-refractivity contribution in [3.05, 3.63) is 51.9 Å². The monoisotopic (exact) mass is 260 g/mol. The van der Waals surface area contributed by atoms with Gasteiger partial charge in [0.05, 0.1) is 15.4 Å². The van der Waals surface area contributed by atoms with Gasteiger partial charge in [-0.05, 0) is 12.5 Å². The molecule has 2 rings (SSSR count). The Bertz CT molecular complexity index is 617. The second-order valence-corrected chi connectivity index (χ2v) is 4.91. The maximum absolute atomic E-state index is 12.3. The predicted octanol–water partition coefficient (Wildman–Crippen LogP) is 1.97. The summed E-state index contributed by atoms with van der Waals surface area (Å²) in [5.74, 6) is -0.745. The molecule has 1 aromatic heterocycles. The van der Waals surface area contributed by atoms with Crippen molar-refractivity contribution >= 4 is 28.0 Å². The normalized spacial score (nSPS) is 10.3. The molecule has 0 aliphatic heterocycles. The number of nitrogens with two attached hydrogens (primary N) is 2. The summed E-state index contributed by atoms with van der Waals surface area (Å²) < 4.78 is 0. The molecular weight excluding hydrogens is 248 g/mol. The van der Waals surface area contributed by atoms with Crippen molar-refractivity contribution in [1.82, 2.24) is 0 Å². The number of hydrogen-bond donors (Lipinski definition) is 2. The number of ketones is 1. The molecule has 4 nitrogen and oxygen atoms in total. The van der Waals surface area contributed by atoms with E-state index in [9.17, 15) is 9.59 Å². The molecule has 1 aromatic carbocycles. The fourth-order valence-corrected chi connectivity index (χ4v) is 2.71. The van der Waals surface area contributed by atoms with Gasteiger partial charge in [-0.1, -0.05) is 30.3 Å². The highest BCUT2D eigenvalue weighted by Gasteiger charge is 2.22. The number of thiophene rings is 1. The van der Waals surface area contributed by atoms with Crippen LogP contribution in [-0.4, -0.2) is 11.7 Å². The Kier molecular flexibility index (Phi) is 3.16. The SMILES string of the molecule is Cc1c(C(N)=O)sc(N)c1C(=O)c1ccccc1. The molecule has 0 saturated heterocycles. The van der Waals surface area contributed by atoms with E-state index in [1.165, 1.54) is 0 Å². The molecule has 1 heterocycles. The van der Waals surface area contributed by atoms with Gasteiger partial charge in [-0.2, -0.15) is 0 Å². The van der Waals surface area contributed by atoms with Crippen LogP contribution < -0.4 is 11.5 Å². The number of benzene rings is 1. The van der Waals surface area contributed by atoms with Crippen LogP contribution in [0.4, 0.5) is 5.00 Å². The van der Waals surface area contributed by atoms with Gasteiger partial charge < -0.3 is 11.5 Å². The number of nitrogen functional groups attached to an aromatic ring is 1. The van der Waals surface area contributed by atoms with E-state index >= 15 is 0 Å². The van der Waals surface area contributed by atoms with E-state index in [1.54, 1.807) is 31.2 Å². The van der Waals surface area contributed by atoms with Gasteiger partial charge in [0, 0.05) is 5.56 Å². The summed E-state index contributed by atoms with van der Waals surface area (Å²) in [6, 6.07) is 8.81. The van der Waals surface area contributed by atoms with Crippen molar-refractivity contribution in [1.29, 1.82) is 0 Å². The zero-order valence-electron chi connectivity index (χ0n) is 9.77. The molecule has 92 valence electrons. The van der Waals surface area contributed by atoms with Gasteiger partial charge in [-0.15, -0.1) is 11.3 Å². The van der Waals surface area contributed by atoms with E-state index in [0.29, 0.717) is 26.6 Å². The number of hydrogen-bond acceptors (Lipinski definition) is 4. The van der Waals surface area contributed by atoms with Gasteiger partial charge in [-0.3, -0.25) is 9.59 Å². The Labute approximate surface area is 108 Å². The second-order valence-electron chi connectivity index (χ2n) is 3.85. The second kappa shape index (κ2) is 4.62. The first-order valence-electron chi connectivity index (χ1n) is 5.30. The predicted molar refractivity (Wildman–Crippen MR) is 71.9 cm³/mol. The zero-order chi connectivity index (χ0) is 13.3. The third-order valence-corrected chi connectivity index (χ3v) is 3.80. The summed E-state index contributed by atoms with van der Waals surface area (Å²) in [5, 5.41) is 0.329. The Morgan fingerprint density at radius 3 is 2.28 bits per heavy atom. The van der Waals surface area contributed by atoms with Crippen LogP contribution in [0.3, 0.4) is 0 Å². The fraction of sp³-hybridized carbons (Fsp3) is 0.0769. The highest BCUT2D eigenvalue weighted by atomic mass is 32.1. The number of carbonyl (C=O) groups excluding carboxylic acids is 2. The van der Waals surface area contributed by atoms with Crippen LogP contribution in [-0.2, 0) is 0 Å². The lowest BCUT2D eigenvalue weighted by molar-refractivity contribution is 0.100. The van der Waals surface area contributed by atoms with Crippen LogP contribution in [0.5, 0.6) is 0 Å². The summed E-state index contributed by atoms with van der Waals surface area (Å²) in [4.78, 5) is 23.9. The Balaban J connectivity index is 2.53. The third kappa shape index (κ3) is 2.00. The average molecular weight is 260 g/mol. The van der Waals surface area contributed by atoms with E-state index in [4.69, 9.17) is 11.5 Å². The number of carbonyl (C=O) groups is 2. The first-order valence-corrected chi connectivity index (χ1v) is 6.12. The summed E-state index contributed by atoms with van der Waals surface area (Å²) >= 11 is 1.05. The summed E-state index contributed by atoms with van der Waals surface area (Å²) in [7, 11) is 0. The molecule has 0 bridgehead atoms. The summed E-state index contributed by atoms with van der Waals surface area (Å²) in [5.41, 5.74) is 12.5. The van der Waals surface area contributed by atoms with Crippen molar-refractivity contribution < 1.29 is 9.59 Å². The maximum atomic E-state index is 12.3. The smallest absolute Gasteiger partial charge is 0.259 e. The van der Waals surface area contributed by atoms with E-state index < -0.39 is 5.91 Å². The average Bonchev–Trinajstić information content (AvgIpc) is 2.65. The van der Waals surface area contributed by atoms with Gasteiger partial charge in [0.15, 0.2) is 5.78 Å². The molecule has 1 amide bonds. The van der Waals surface area contributed by atoms with Gasteiger partial charge >= 0.3 is 0 Å². The number of anilines is 1. The van der Waals surface area contributed by atoms with E-state index in [-0.39, 0.29) is 5.78 Å². The lowest BCUT2D eigenvalue weighted by Gasteiger charge is -2.02. The topological polar surface area (TPSA) is 86.2 Å². The van der Waals surface area contributed by atoms with Crippen LogP contribution >= 0.6 is 11.3 Å².